The lowest BCUT2D eigenvalue weighted by molar-refractivity contribution is -0.120. The van der Waals surface area contributed by atoms with Crippen LogP contribution in [0.5, 0.6) is 0 Å². The van der Waals surface area contributed by atoms with Gasteiger partial charge in [0.15, 0.2) is 0 Å². The van der Waals surface area contributed by atoms with E-state index in [9.17, 15) is 9.59 Å². The number of nitrogens with two attached hydrogens (primary N) is 1. The molecule has 0 saturated carbocycles. The fourth-order valence-corrected chi connectivity index (χ4v) is 4.91. The number of benzene rings is 2. The minimum Gasteiger partial charge on any atom is -0.462 e. The molecule has 0 aromatic heterocycles. The minimum atomic E-state index is -0.460. The first kappa shape index (κ1) is 24.0. The molecule has 0 aliphatic carbocycles. The van der Waals surface area contributed by atoms with Gasteiger partial charge in [-0.3, -0.25) is 4.79 Å². The highest BCUT2D eigenvalue weighted by atomic mass is 16.5. The van der Waals surface area contributed by atoms with Crippen LogP contribution in [0.1, 0.15) is 97.3 Å². The van der Waals surface area contributed by atoms with Crippen molar-refractivity contribution in [1.82, 2.24) is 5.32 Å². The maximum absolute atomic E-state index is 12.8. The van der Waals surface area contributed by atoms with Crippen LogP contribution in [0.15, 0.2) is 48.5 Å². The van der Waals surface area contributed by atoms with E-state index in [2.05, 4.69) is 36.5 Å². The van der Waals surface area contributed by atoms with E-state index in [1.165, 1.54) is 30.4 Å². The molecule has 1 fully saturated rings. The lowest BCUT2D eigenvalue weighted by Gasteiger charge is -2.30. The molecule has 5 heteroatoms. The molecule has 0 spiro atoms. The first-order chi connectivity index (χ1) is 15.6. The molecule has 3 rings (SSSR count). The number of rotatable bonds is 9. The van der Waals surface area contributed by atoms with Gasteiger partial charge in [0.25, 0.3) is 0 Å². The molecule has 1 aliphatic heterocycles. The van der Waals surface area contributed by atoms with Crippen LogP contribution < -0.4 is 11.1 Å². The standard InChI is InChI=1S/C27H36N2O3/c1-3-10-23(21-11-7-8-12-22(21)24-13-6-5-9-18-29-24)25(26(28)30)19-14-16-20(17-15-19)27(31)32-4-2/h7-8,11-12,14-17,23-25,29H,3-6,9-10,13,18H2,1-2H3,(H2,28,30). The number of nitrogens with one attached hydrogen (secondary N) is 1. The van der Waals surface area contributed by atoms with Gasteiger partial charge >= 0.3 is 5.97 Å². The van der Waals surface area contributed by atoms with Crippen molar-refractivity contribution in [3.63, 3.8) is 0 Å². The summed E-state index contributed by atoms with van der Waals surface area (Å²) in [5.41, 5.74) is 9.79. The largest absolute Gasteiger partial charge is 0.462 e. The Balaban J connectivity index is 1.98. The van der Waals surface area contributed by atoms with Crippen LogP contribution in [-0.2, 0) is 9.53 Å². The molecule has 2 aromatic carbocycles. The Labute approximate surface area is 191 Å². The molecular weight excluding hydrogens is 400 g/mol. The normalized spacial score (nSPS) is 18.4. The Morgan fingerprint density at radius 2 is 1.81 bits per heavy atom. The second kappa shape index (κ2) is 11.8. The number of esters is 1. The number of hydrogen-bond acceptors (Lipinski definition) is 4. The summed E-state index contributed by atoms with van der Waals surface area (Å²) >= 11 is 0. The number of amides is 1. The van der Waals surface area contributed by atoms with E-state index < -0.39 is 5.92 Å². The molecule has 5 nitrogen and oxygen atoms in total. The van der Waals surface area contributed by atoms with Crippen LogP contribution in [0.4, 0.5) is 0 Å². The summed E-state index contributed by atoms with van der Waals surface area (Å²) in [4.78, 5) is 24.8. The van der Waals surface area contributed by atoms with Gasteiger partial charge in [0, 0.05) is 6.04 Å². The lowest BCUT2D eigenvalue weighted by atomic mass is 9.75. The number of carbonyl (C=O) groups excluding carboxylic acids is 2. The second-order valence-corrected chi connectivity index (χ2v) is 8.60. The van der Waals surface area contributed by atoms with Crippen LogP contribution in [0.3, 0.4) is 0 Å². The topological polar surface area (TPSA) is 81.4 Å². The fourth-order valence-electron chi connectivity index (χ4n) is 4.91. The monoisotopic (exact) mass is 436 g/mol. The number of carbonyl (C=O) groups is 2. The van der Waals surface area contributed by atoms with Crippen molar-refractivity contribution >= 4 is 11.9 Å². The molecule has 3 N–H and O–H groups in total. The molecule has 0 bridgehead atoms. The van der Waals surface area contributed by atoms with Gasteiger partial charge in [0.2, 0.25) is 5.91 Å². The van der Waals surface area contributed by atoms with E-state index in [4.69, 9.17) is 10.5 Å². The Bertz CT molecular complexity index is 886. The van der Waals surface area contributed by atoms with Crippen molar-refractivity contribution < 1.29 is 14.3 Å². The smallest absolute Gasteiger partial charge is 0.338 e. The van der Waals surface area contributed by atoms with Gasteiger partial charge in [0.05, 0.1) is 18.1 Å². The third-order valence-corrected chi connectivity index (χ3v) is 6.42. The van der Waals surface area contributed by atoms with Crippen LogP contribution in [0.25, 0.3) is 0 Å². The third kappa shape index (κ3) is 5.77. The maximum Gasteiger partial charge on any atom is 0.338 e. The van der Waals surface area contributed by atoms with E-state index in [1.54, 1.807) is 19.1 Å². The summed E-state index contributed by atoms with van der Waals surface area (Å²) in [6.07, 6.45) is 6.57. The van der Waals surface area contributed by atoms with Gasteiger partial charge in [-0.15, -0.1) is 0 Å². The third-order valence-electron chi connectivity index (χ3n) is 6.42. The van der Waals surface area contributed by atoms with E-state index >= 15 is 0 Å². The van der Waals surface area contributed by atoms with Gasteiger partial charge in [-0.25, -0.2) is 4.79 Å². The molecule has 2 aromatic rings. The summed E-state index contributed by atoms with van der Waals surface area (Å²) in [5, 5.41) is 3.71. The zero-order chi connectivity index (χ0) is 22.9. The Kier molecular flexibility index (Phi) is 8.86. The van der Waals surface area contributed by atoms with E-state index in [-0.39, 0.29) is 17.8 Å². The summed E-state index contributed by atoms with van der Waals surface area (Å²) in [5.74, 6) is -1.18. The maximum atomic E-state index is 12.8. The number of hydrogen-bond donors (Lipinski definition) is 2. The summed E-state index contributed by atoms with van der Waals surface area (Å²) in [6.45, 7) is 5.27. The SMILES string of the molecule is CCCC(c1ccccc1C1CCCCCN1)C(C(N)=O)c1ccc(C(=O)OCC)cc1. The highest BCUT2D eigenvalue weighted by Gasteiger charge is 2.32. The van der Waals surface area contributed by atoms with Gasteiger partial charge < -0.3 is 15.8 Å². The van der Waals surface area contributed by atoms with E-state index in [1.807, 2.05) is 12.1 Å². The summed E-state index contributed by atoms with van der Waals surface area (Å²) < 4.78 is 5.09. The minimum absolute atomic E-state index is 0.0211. The second-order valence-electron chi connectivity index (χ2n) is 8.60. The lowest BCUT2D eigenvalue weighted by Crippen LogP contribution is -2.29. The van der Waals surface area contributed by atoms with Gasteiger partial charge in [-0.2, -0.15) is 0 Å². The van der Waals surface area contributed by atoms with Crippen molar-refractivity contribution in [2.45, 2.75) is 70.3 Å². The first-order valence-electron chi connectivity index (χ1n) is 11.9. The van der Waals surface area contributed by atoms with E-state index in [0.717, 1.165) is 31.4 Å². The van der Waals surface area contributed by atoms with Crippen LogP contribution >= 0.6 is 0 Å². The van der Waals surface area contributed by atoms with Crippen LogP contribution in [0.2, 0.25) is 0 Å². The molecule has 1 saturated heterocycles. The highest BCUT2D eigenvalue weighted by Crippen LogP contribution is 2.40. The zero-order valence-corrected chi connectivity index (χ0v) is 19.3. The quantitative estimate of drug-likeness (QED) is 0.528. The Morgan fingerprint density at radius 3 is 2.50 bits per heavy atom. The Morgan fingerprint density at radius 1 is 1.06 bits per heavy atom. The predicted molar refractivity (Wildman–Crippen MR) is 128 cm³/mol. The van der Waals surface area contributed by atoms with Gasteiger partial charge in [0.1, 0.15) is 0 Å². The molecule has 1 heterocycles. The van der Waals surface area contributed by atoms with E-state index in [0.29, 0.717) is 18.2 Å². The molecule has 1 amide bonds. The molecule has 0 radical (unpaired) electrons. The fraction of sp³-hybridized carbons (Fsp3) is 0.481. The average molecular weight is 437 g/mol. The van der Waals surface area contributed by atoms with Gasteiger partial charge in [-0.1, -0.05) is 62.6 Å². The van der Waals surface area contributed by atoms with Crippen molar-refractivity contribution in [1.29, 1.82) is 0 Å². The predicted octanol–water partition coefficient (Wildman–Crippen LogP) is 5.22. The zero-order valence-electron chi connectivity index (χ0n) is 19.3. The number of primary amides is 1. The van der Waals surface area contributed by atoms with Gasteiger partial charge in [-0.05, 0) is 67.5 Å². The van der Waals surface area contributed by atoms with Crippen molar-refractivity contribution in [3.8, 4) is 0 Å². The molecule has 3 atom stereocenters. The average Bonchev–Trinajstić information content (AvgIpc) is 3.09. The van der Waals surface area contributed by atoms with Crippen molar-refractivity contribution in [2.24, 2.45) is 5.73 Å². The first-order valence-corrected chi connectivity index (χ1v) is 11.9. The van der Waals surface area contributed by atoms with Crippen LogP contribution in [0, 0.1) is 0 Å². The highest BCUT2D eigenvalue weighted by molar-refractivity contribution is 5.90. The molecule has 1 aliphatic rings. The molecular formula is C27H36N2O3. The molecule has 32 heavy (non-hydrogen) atoms. The number of ether oxygens (including phenoxy) is 1. The Hall–Kier alpha value is -2.66. The summed E-state index contributed by atoms with van der Waals surface area (Å²) in [7, 11) is 0. The molecule has 172 valence electrons. The van der Waals surface area contributed by atoms with Crippen molar-refractivity contribution in [2.75, 3.05) is 13.2 Å². The summed E-state index contributed by atoms with van der Waals surface area (Å²) in [6, 6.07) is 15.9. The van der Waals surface area contributed by atoms with Crippen molar-refractivity contribution in [3.05, 3.63) is 70.8 Å². The van der Waals surface area contributed by atoms with Crippen LogP contribution in [-0.4, -0.2) is 25.0 Å². The molecule has 3 unspecified atom stereocenters.